The van der Waals surface area contributed by atoms with E-state index in [4.69, 9.17) is 10.5 Å². The molecule has 4 N–H and O–H groups in total. The fourth-order valence-corrected chi connectivity index (χ4v) is 2.47. The van der Waals surface area contributed by atoms with Crippen LogP contribution in [-0.4, -0.2) is 21.2 Å². The minimum atomic E-state index is 0.457. The zero-order valence-corrected chi connectivity index (χ0v) is 12.2. The van der Waals surface area contributed by atoms with E-state index in [-0.39, 0.29) is 0 Å². The Morgan fingerprint density at radius 2 is 1.75 bits per heavy atom. The molecule has 4 heteroatoms. The Morgan fingerprint density at radius 1 is 1.00 bits per heavy atom. The van der Waals surface area contributed by atoms with Gasteiger partial charge in [0.25, 0.3) is 0 Å². The van der Waals surface area contributed by atoms with Crippen molar-refractivity contribution in [3.63, 3.8) is 0 Å². The summed E-state index contributed by atoms with van der Waals surface area (Å²) in [5.74, 6) is 0.849. The fourth-order valence-electron chi connectivity index (χ4n) is 2.47. The van der Waals surface area contributed by atoms with Crippen LogP contribution in [0.2, 0.25) is 0 Å². The van der Waals surface area contributed by atoms with Gasteiger partial charge in [-0.05, 0) is 23.3 Å². The summed E-state index contributed by atoms with van der Waals surface area (Å²) < 4.78 is 5.45. The second-order valence-corrected chi connectivity index (χ2v) is 4.42. The van der Waals surface area contributed by atoms with Gasteiger partial charge in [0.1, 0.15) is 5.75 Å². The number of anilines is 2. The van der Waals surface area contributed by atoms with E-state index in [1.807, 2.05) is 44.4 Å². The number of nitrogens with two attached hydrogens (primary N) is 1. The number of benzene rings is 2. The first-order valence-corrected chi connectivity index (χ1v) is 6.61. The highest BCUT2D eigenvalue weighted by molar-refractivity contribution is 5.84. The van der Waals surface area contributed by atoms with Crippen molar-refractivity contribution in [2.45, 2.75) is 6.54 Å². The summed E-state index contributed by atoms with van der Waals surface area (Å²) in [6.07, 6.45) is 0. The summed E-state index contributed by atoms with van der Waals surface area (Å²) in [5, 5.41) is 6.41. The Kier molecular flexibility index (Phi) is 4.48. The molecule has 2 aromatic carbocycles. The maximum atomic E-state index is 5.97. The quantitative estimate of drug-likeness (QED) is 0.782. The molecule has 0 fully saturated rings. The maximum Gasteiger partial charge on any atom is 0.126 e. The number of nitrogens with one attached hydrogen (secondary N) is 2. The fraction of sp³-hybridized carbons (Fsp3) is 0.250. The minimum absolute atomic E-state index is 0.457. The van der Waals surface area contributed by atoms with Gasteiger partial charge in [0.2, 0.25) is 0 Å². The highest BCUT2D eigenvalue weighted by Crippen LogP contribution is 2.38. The topological polar surface area (TPSA) is 59.3 Å². The van der Waals surface area contributed by atoms with Crippen molar-refractivity contribution in [3.05, 3.63) is 42.0 Å². The lowest BCUT2D eigenvalue weighted by atomic mass is 9.96. The summed E-state index contributed by atoms with van der Waals surface area (Å²) in [7, 11) is 5.49. The zero-order valence-electron chi connectivity index (χ0n) is 12.2. The van der Waals surface area contributed by atoms with Gasteiger partial charge in [-0.25, -0.2) is 0 Å². The molecule has 0 aliphatic carbocycles. The molecule has 20 heavy (non-hydrogen) atoms. The third kappa shape index (κ3) is 2.42. The largest absolute Gasteiger partial charge is 0.496 e. The second-order valence-electron chi connectivity index (χ2n) is 4.42. The van der Waals surface area contributed by atoms with Crippen molar-refractivity contribution in [2.75, 3.05) is 31.8 Å². The molecule has 106 valence electrons. The summed E-state index contributed by atoms with van der Waals surface area (Å²) >= 11 is 0. The van der Waals surface area contributed by atoms with E-state index in [1.165, 1.54) is 0 Å². The molecule has 0 aliphatic heterocycles. The SMILES string of the molecule is CNc1ccc(-c2ccccc2OC)c(CN)c1NC. The van der Waals surface area contributed by atoms with Crippen molar-refractivity contribution in [2.24, 2.45) is 5.73 Å². The first-order valence-electron chi connectivity index (χ1n) is 6.61. The van der Waals surface area contributed by atoms with Crippen LogP contribution in [0.4, 0.5) is 11.4 Å². The lowest BCUT2D eigenvalue weighted by Crippen LogP contribution is -2.07. The molecule has 0 aliphatic rings. The van der Waals surface area contributed by atoms with Crippen LogP contribution in [0.1, 0.15) is 5.56 Å². The molecule has 4 nitrogen and oxygen atoms in total. The Morgan fingerprint density at radius 3 is 2.35 bits per heavy atom. The Hall–Kier alpha value is -2.20. The lowest BCUT2D eigenvalue weighted by molar-refractivity contribution is 0.416. The molecule has 0 heterocycles. The van der Waals surface area contributed by atoms with Crippen LogP contribution in [0.5, 0.6) is 5.75 Å². The van der Waals surface area contributed by atoms with Crippen LogP contribution in [0.3, 0.4) is 0 Å². The molecular weight excluding hydrogens is 250 g/mol. The first kappa shape index (κ1) is 14.2. The van der Waals surface area contributed by atoms with Crippen molar-refractivity contribution < 1.29 is 4.74 Å². The molecular formula is C16H21N3O. The van der Waals surface area contributed by atoms with Gasteiger partial charge in [0, 0.05) is 26.2 Å². The standard InChI is InChI=1S/C16H21N3O/c1-18-14-9-8-11(13(10-17)16(14)19-2)12-6-4-5-7-15(12)20-3/h4-9,18-19H,10,17H2,1-3H3. The van der Waals surface area contributed by atoms with E-state index in [0.29, 0.717) is 6.54 Å². The molecule has 2 rings (SSSR count). The van der Waals surface area contributed by atoms with Crippen molar-refractivity contribution in [3.8, 4) is 16.9 Å². The van der Waals surface area contributed by atoms with Crippen LogP contribution in [0, 0.1) is 0 Å². The summed E-state index contributed by atoms with van der Waals surface area (Å²) in [6.45, 7) is 0.457. The molecule has 0 unspecified atom stereocenters. The summed E-state index contributed by atoms with van der Waals surface area (Å²) in [5.41, 5.74) is 11.2. The predicted octanol–water partition coefficient (Wildman–Crippen LogP) is 2.90. The Labute approximate surface area is 120 Å². The monoisotopic (exact) mass is 271 g/mol. The predicted molar refractivity (Wildman–Crippen MR) is 85.4 cm³/mol. The van der Waals surface area contributed by atoms with E-state index in [2.05, 4.69) is 16.7 Å². The molecule has 0 aromatic heterocycles. The van der Waals surface area contributed by atoms with Crippen molar-refractivity contribution in [1.29, 1.82) is 0 Å². The van der Waals surface area contributed by atoms with E-state index < -0.39 is 0 Å². The van der Waals surface area contributed by atoms with Crippen LogP contribution >= 0.6 is 0 Å². The van der Waals surface area contributed by atoms with Gasteiger partial charge in [-0.15, -0.1) is 0 Å². The van der Waals surface area contributed by atoms with E-state index >= 15 is 0 Å². The highest BCUT2D eigenvalue weighted by Gasteiger charge is 2.14. The zero-order chi connectivity index (χ0) is 14.5. The maximum absolute atomic E-state index is 5.97. The third-order valence-corrected chi connectivity index (χ3v) is 3.43. The normalized spacial score (nSPS) is 10.2. The second kappa shape index (κ2) is 6.30. The van der Waals surface area contributed by atoms with Crippen LogP contribution in [0.25, 0.3) is 11.1 Å². The van der Waals surface area contributed by atoms with E-state index in [0.717, 1.165) is 33.8 Å². The summed E-state index contributed by atoms with van der Waals surface area (Å²) in [6, 6.07) is 12.1. The number of methoxy groups -OCH3 is 1. The molecule has 0 spiro atoms. The molecule has 0 saturated heterocycles. The molecule has 0 bridgehead atoms. The van der Waals surface area contributed by atoms with Crippen LogP contribution in [0.15, 0.2) is 36.4 Å². The Balaban J connectivity index is 2.68. The van der Waals surface area contributed by atoms with Gasteiger partial charge in [0.15, 0.2) is 0 Å². The minimum Gasteiger partial charge on any atom is -0.496 e. The van der Waals surface area contributed by atoms with Crippen LogP contribution in [-0.2, 0) is 6.54 Å². The van der Waals surface area contributed by atoms with Gasteiger partial charge in [-0.2, -0.15) is 0 Å². The van der Waals surface area contributed by atoms with Crippen molar-refractivity contribution >= 4 is 11.4 Å². The first-order chi connectivity index (χ1) is 9.76. The number of hydrogen-bond acceptors (Lipinski definition) is 4. The smallest absolute Gasteiger partial charge is 0.126 e. The number of hydrogen-bond donors (Lipinski definition) is 3. The average molecular weight is 271 g/mol. The Bertz CT molecular complexity index is 596. The van der Waals surface area contributed by atoms with Crippen molar-refractivity contribution in [1.82, 2.24) is 0 Å². The lowest BCUT2D eigenvalue weighted by Gasteiger charge is -2.18. The van der Waals surface area contributed by atoms with E-state index in [9.17, 15) is 0 Å². The summed E-state index contributed by atoms with van der Waals surface area (Å²) in [4.78, 5) is 0. The molecule has 0 saturated carbocycles. The van der Waals surface area contributed by atoms with Gasteiger partial charge in [0.05, 0.1) is 18.5 Å². The molecule has 0 radical (unpaired) electrons. The van der Waals surface area contributed by atoms with Gasteiger partial charge in [-0.1, -0.05) is 24.3 Å². The molecule has 0 amide bonds. The number of ether oxygens (including phenoxy) is 1. The number of rotatable bonds is 5. The van der Waals surface area contributed by atoms with Gasteiger partial charge < -0.3 is 21.1 Å². The van der Waals surface area contributed by atoms with Crippen LogP contribution < -0.4 is 21.1 Å². The van der Waals surface area contributed by atoms with Gasteiger partial charge in [-0.3, -0.25) is 0 Å². The third-order valence-electron chi connectivity index (χ3n) is 3.43. The highest BCUT2D eigenvalue weighted by atomic mass is 16.5. The van der Waals surface area contributed by atoms with E-state index in [1.54, 1.807) is 7.11 Å². The number of para-hydroxylation sites is 1. The average Bonchev–Trinajstić information content (AvgIpc) is 2.53. The van der Waals surface area contributed by atoms with Gasteiger partial charge >= 0.3 is 0 Å². The molecule has 2 aromatic rings. The molecule has 0 atom stereocenters.